The van der Waals surface area contributed by atoms with Crippen LogP contribution in [-0.2, 0) is 11.2 Å². The molecule has 30 heavy (non-hydrogen) atoms. The van der Waals surface area contributed by atoms with E-state index >= 15 is 0 Å². The first kappa shape index (κ1) is 22.2. The summed E-state index contributed by atoms with van der Waals surface area (Å²) >= 11 is 1.25. The topological polar surface area (TPSA) is 88.6 Å². The molecule has 1 saturated heterocycles. The maximum absolute atomic E-state index is 12.9. The molecule has 1 aromatic heterocycles. The van der Waals surface area contributed by atoms with Crippen LogP contribution in [0.2, 0.25) is 0 Å². The Kier molecular flexibility index (Phi) is 7.39. The SMILES string of the molecule is O=C(Nc1ccc(OC(F)(F)C(F)F)cc1)Nc1nnc(CCN2CCOCC2)s1. The average molecular weight is 449 g/mol. The van der Waals surface area contributed by atoms with Gasteiger partial charge in [0, 0.05) is 31.7 Å². The lowest BCUT2D eigenvalue weighted by molar-refractivity contribution is -0.253. The number of alkyl halides is 4. The summed E-state index contributed by atoms with van der Waals surface area (Å²) in [4.78, 5) is 14.3. The third-order valence-corrected chi connectivity index (χ3v) is 4.95. The number of rotatable bonds is 8. The summed E-state index contributed by atoms with van der Waals surface area (Å²) in [6, 6.07) is 3.95. The average Bonchev–Trinajstić information content (AvgIpc) is 3.15. The first-order valence-electron chi connectivity index (χ1n) is 8.97. The Morgan fingerprint density at radius 3 is 2.57 bits per heavy atom. The van der Waals surface area contributed by atoms with Crippen molar-refractivity contribution in [2.45, 2.75) is 19.0 Å². The lowest BCUT2D eigenvalue weighted by Crippen LogP contribution is -2.37. The van der Waals surface area contributed by atoms with E-state index in [0.717, 1.165) is 36.8 Å². The zero-order valence-electron chi connectivity index (χ0n) is 15.6. The molecule has 2 aromatic rings. The molecule has 0 atom stereocenters. The molecular formula is C17H19F4N5O3S. The van der Waals surface area contributed by atoms with Crippen LogP contribution in [0.3, 0.4) is 0 Å². The number of carbonyl (C=O) groups is 1. The van der Waals surface area contributed by atoms with E-state index in [0.29, 0.717) is 24.8 Å². The molecule has 2 heterocycles. The van der Waals surface area contributed by atoms with Gasteiger partial charge in [0.1, 0.15) is 10.8 Å². The maximum atomic E-state index is 12.9. The van der Waals surface area contributed by atoms with Gasteiger partial charge in [-0.3, -0.25) is 10.2 Å². The second kappa shape index (κ2) is 10.00. The van der Waals surface area contributed by atoms with Crippen LogP contribution in [0.25, 0.3) is 0 Å². The van der Waals surface area contributed by atoms with Crippen molar-refractivity contribution >= 4 is 28.2 Å². The number of urea groups is 1. The maximum Gasteiger partial charge on any atom is 0.461 e. The molecule has 164 valence electrons. The molecule has 1 fully saturated rings. The standard InChI is InChI=1S/C17H19F4N5O3S/c18-14(19)17(20,21)29-12-3-1-11(2-4-12)22-15(27)23-16-25-24-13(30-16)5-6-26-7-9-28-10-8-26/h1-4,14H,5-10H2,(H2,22,23,25,27). The molecule has 0 spiro atoms. The van der Waals surface area contributed by atoms with Crippen molar-refractivity contribution in [3.8, 4) is 5.75 Å². The molecule has 1 aromatic carbocycles. The number of anilines is 2. The van der Waals surface area contributed by atoms with E-state index in [1.165, 1.54) is 23.5 Å². The molecule has 3 rings (SSSR count). The molecule has 1 aliphatic rings. The van der Waals surface area contributed by atoms with Gasteiger partial charge >= 0.3 is 18.6 Å². The van der Waals surface area contributed by atoms with Crippen LogP contribution in [0.4, 0.5) is 33.2 Å². The van der Waals surface area contributed by atoms with E-state index in [4.69, 9.17) is 4.74 Å². The first-order chi connectivity index (χ1) is 14.3. The van der Waals surface area contributed by atoms with Crippen LogP contribution < -0.4 is 15.4 Å². The van der Waals surface area contributed by atoms with Crippen molar-refractivity contribution in [2.75, 3.05) is 43.5 Å². The fourth-order valence-corrected chi connectivity index (χ4v) is 3.27. The summed E-state index contributed by atoms with van der Waals surface area (Å²) in [7, 11) is 0. The second-order valence-corrected chi connectivity index (χ2v) is 7.34. The fraction of sp³-hybridized carbons (Fsp3) is 0.471. The smallest absolute Gasteiger partial charge is 0.428 e. The van der Waals surface area contributed by atoms with Gasteiger partial charge in [-0.15, -0.1) is 10.2 Å². The van der Waals surface area contributed by atoms with Gasteiger partial charge in [-0.05, 0) is 24.3 Å². The lowest BCUT2D eigenvalue weighted by atomic mass is 10.3. The minimum absolute atomic E-state index is 0.247. The van der Waals surface area contributed by atoms with Gasteiger partial charge in [0.05, 0.1) is 13.2 Å². The highest BCUT2D eigenvalue weighted by Crippen LogP contribution is 2.28. The predicted octanol–water partition coefficient (Wildman–Crippen LogP) is 3.29. The van der Waals surface area contributed by atoms with Crippen LogP contribution >= 0.6 is 11.3 Å². The summed E-state index contributed by atoms with van der Waals surface area (Å²) in [6.45, 7) is 3.99. The molecule has 0 unspecified atom stereocenters. The van der Waals surface area contributed by atoms with Crippen LogP contribution in [-0.4, -0.2) is 66.5 Å². The number of benzene rings is 1. The van der Waals surface area contributed by atoms with E-state index in [9.17, 15) is 22.4 Å². The molecule has 1 aliphatic heterocycles. The third kappa shape index (κ3) is 6.50. The van der Waals surface area contributed by atoms with Gasteiger partial charge < -0.3 is 14.8 Å². The Labute approximate surface area is 173 Å². The van der Waals surface area contributed by atoms with Crippen molar-refractivity contribution in [2.24, 2.45) is 0 Å². The Bertz CT molecular complexity index is 831. The molecule has 13 heteroatoms. The molecule has 8 nitrogen and oxygen atoms in total. The number of morpholine rings is 1. The highest BCUT2D eigenvalue weighted by atomic mass is 32.1. The number of halogens is 4. The molecule has 0 radical (unpaired) electrons. The highest BCUT2D eigenvalue weighted by Gasteiger charge is 2.43. The van der Waals surface area contributed by atoms with E-state index in [2.05, 4.69) is 30.5 Å². The third-order valence-electron chi connectivity index (χ3n) is 4.05. The molecule has 2 amide bonds. The monoisotopic (exact) mass is 449 g/mol. The number of nitrogens with zero attached hydrogens (tertiary/aromatic N) is 3. The lowest BCUT2D eigenvalue weighted by Gasteiger charge is -2.25. The van der Waals surface area contributed by atoms with Crippen molar-refractivity contribution in [1.82, 2.24) is 15.1 Å². The zero-order valence-corrected chi connectivity index (χ0v) is 16.4. The molecule has 0 saturated carbocycles. The number of nitrogens with one attached hydrogen (secondary N) is 2. The van der Waals surface area contributed by atoms with E-state index in [1.807, 2.05) is 0 Å². The van der Waals surface area contributed by atoms with Crippen LogP contribution in [0, 0.1) is 0 Å². The van der Waals surface area contributed by atoms with Crippen LogP contribution in [0.5, 0.6) is 5.75 Å². The minimum atomic E-state index is -4.59. The number of carbonyl (C=O) groups excluding carboxylic acids is 1. The van der Waals surface area contributed by atoms with E-state index < -0.39 is 24.3 Å². The molecule has 0 bridgehead atoms. The summed E-state index contributed by atoms with van der Waals surface area (Å²) in [5.74, 6) is -0.458. The highest BCUT2D eigenvalue weighted by molar-refractivity contribution is 7.15. The van der Waals surface area contributed by atoms with Gasteiger partial charge in [0.25, 0.3) is 0 Å². The Morgan fingerprint density at radius 2 is 1.90 bits per heavy atom. The summed E-state index contributed by atoms with van der Waals surface area (Å²) in [5.41, 5.74) is 0.247. The first-order valence-corrected chi connectivity index (χ1v) is 9.79. The Balaban J connectivity index is 1.45. The summed E-state index contributed by atoms with van der Waals surface area (Å²) in [5, 5.41) is 14.0. The Morgan fingerprint density at radius 1 is 1.20 bits per heavy atom. The van der Waals surface area contributed by atoms with Gasteiger partial charge in [0.2, 0.25) is 5.13 Å². The van der Waals surface area contributed by atoms with E-state index in [-0.39, 0.29) is 5.69 Å². The molecule has 2 N–H and O–H groups in total. The zero-order chi connectivity index (χ0) is 21.6. The number of amides is 2. The largest absolute Gasteiger partial charge is 0.461 e. The fourth-order valence-electron chi connectivity index (χ4n) is 2.55. The number of ether oxygens (including phenoxy) is 2. The minimum Gasteiger partial charge on any atom is -0.428 e. The van der Waals surface area contributed by atoms with E-state index in [1.54, 1.807) is 0 Å². The van der Waals surface area contributed by atoms with Gasteiger partial charge in [-0.1, -0.05) is 11.3 Å². The van der Waals surface area contributed by atoms with Crippen molar-refractivity contribution in [3.05, 3.63) is 29.3 Å². The number of hydrogen-bond donors (Lipinski definition) is 2. The van der Waals surface area contributed by atoms with Crippen LogP contribution in [0.15, 0.2) is 24.3 Å². The van der Waals surface area contributed by atoms with Crippen LogP contribution in [0.1, 0.15) is 5.01 Å². The summed E-state index contributed by atoms with van der Waals surface area (Å²) < 4.78 is 59.3. The van der Waals surface area contributed by atoms with Crippen molar-refractivity contribution in [3.63, 3.8) is 0 Å². The van der Waals surface area contributed by atoms with Gasteiger partial charge in [-0.2, -0.15) is 17.6 Å². The van der Waals surface area contributed by atoms with Gasteiger partial charge in [-0.25, -0.2) is 4.79 Å². The number of hydrogen-bond acceptors (Lipinski definition) is 7. The van der Waals surface area contributed by atoms with Gasteiger partial charge in [0.15, 0.2) is 0 Å². The predicted molar refractivity (Wildman–Crippen MR) is 102 cm³/mol. The second-order valence-electron chi connectivity index (χ2n) is 6.27. The van der Waals surface area contributed by atoms with Crippen molar-refractivity contribution < 1.29 is 31.8 Å². The normalized spacial score (nSPS) is 15.2. The Hall–Kier alpha value is -2.51. The number of aromatic nitrogens is 2. The molecule has 0 aliphatic carbocycles. The molecular weight excluding hydrogens is 430 g/mol. The summed E-state index contributed by atoms with van der Waals surface area (Å²) in [6.07, 6.45) is -7.85. The van der Waals surface area contributed by atoms with Crippen molar-refractivity contribution in [1.29, 1.82) is 0 Å². The quantitative estimate of drug-likeness (QED) is 0.602.